The lowest BCUT2D eigenvalue weighted by atomic mass is 9.98. The van der Waals surface area contributed by atoms with Crippen LogP contribution < -0.4 is 5.73 Å². The summed E-state index contributed by atoms with van der Waals surface area (Å²) in [6, 6.07) is 14.9. The van der Waals surface area contributed by atoms with Crippen LogP contribution in [0, 0.1) is 0 Å². The molecule has 0 spiro atoms. The van der Waals surface area contributed by atoms with Crippen LogP contribution in [0.1, 0.15) is 56.2 Å². The van der Waals surface area contributed by atoms with Crippen molar-refractivity contribution in [1.29, 1.82) is 0 Å². The monoisotopic (exact) mass is 447 g/mol. The first-order chi connectivity index (χ1) is 14.6. The summed E-state index contributed by atoms with van der Waals surface area (Å²) >= 11 is 12.1. The summed E-state index contributed by atoms with van der Waals surface area (Å²) in [5.41, 5.74) is 9.25. The molecule has 2 N–H and O–H groups in total. The molecule has 0 aliphatic carbocycles. The van der Waals surface area contributed by atoms with Crippen molar-refractivity contribution in [2.24, 2.45) is 10.7 Å². The molecule has 1 atom stereocenters. The molecule has 0 aromatic heterocycles. The highest BCUT2D eigenvalue weighted by molar-refractivity contribution is 6.36. The van der Waals surface area contributed by atoms with E-state index in [9.17, 15) is 0 Å². The molecule has 2 aromatic rings. The summed E-state index contributed by atoms with van der Waals surface area (Å²) < 4.78 is 0. The zero-order valence-corrected chi connectivity index (χ0v) is 19.8. The van der Waals surface area contributed by atoms with Crippen LogP contribution in [-0.2, 0) is 13.0 Å². The van der Waals surface area contributed by atoms with Gasteiger partial charge in [0.15, 0.2) is 0 Å². The highest BCUT2D eigenvalue weighted by Crippen LogP contribution is 2.20. The first-order valence-corrected chi connectivity index (χ1v) is 11.8. The molecule has 0 aliphatic rings. The van der Waals surface area contributed by atoms with Crippen molar-refractivity contribution in [2.45, 2.75) is 58.5 Å². The lowest BCUT2D eigenvalue weighted by Gasteiger charge is -2.31. The van der Waals surface area contributed by atoms with Gasteiger partial charge in [-0.1, -0.05) is 67.4 Å². The number of hydrogen-bond acceptors (Lipinski definition) is 3. The number of benzene rings is 2. The maximum atomic E-state index is 6.20. The Labute approximate surface area is 192 Å². The van der Waals surface area contributed by atoms with Crippen molar-refractivity contribution in [3.05, 3.63) is 69.2 Å². The van der Waals surface area contributed by atoms with Gasteiger partial charge in [0.05, 0.1) is 11.6 Å². The first-order valence-electron chi connectivity index (χ1n) is 11.0. The first kappa shape index (κ1) is 24.9. The zero-order valence-electron chi connectivity index (χ0n) is 18.3. The summed E-state index contributed by atoms with van der Waals surface area (Å²) in [6.07, 6.45) is 7.49. The fraction of sp³-hybridized carbons (Fsp3) is 0.480. The molecule has 0 bridgehead atoms. The number of rotatable bonds is 13. The van der Waals surface area contributed by atoms with E-state index < -0.39 is 0 Å². The van der Waals surface area contributed by atoms with Crippen molar-refractivity contribution in [1.82, 2.24) is 4.90 Å². The van der Waals surface area contributed by atoms with Crippen LogP contribution in [0.15, 0.2) is 47.5 Å². The molecular formula is C25H35Cl2N3. The topological polar surface area (TPSA) is 41.6 Å². The molecule has 0 saturated carbocycles. The maximum absolute atomic E-state index is 6.20. The molecule has 30 heavy (non-hydrogen) atoms. The minimum atomic E-state index is 0.560. The number of nitrogens with zero attached hydrogens (tertiary/aromatic N) is 2. The fourth-order valence-electron chi connectivity index (χ4n) is 3.73. The van der Waals surface area contributed by atoms with E-state index in [2.05, 4.69) is 48.0 Å². The third-order valence-electron chi connectivity index (χ3n) is 5.24. The Morgan fingerprint density at radius 3 is 2.27 bits per heavy atom. The highest BCUT2D eigenvalue weighted by atomic mass is 35.5. The maximum Gasteiger partial charge on any atom is 0.0639 e. The van der Waals surface area contributed by atoms with Crippen molar-refractivity contribution >= 4 is 29.4 Å². The smallest absolute Gasteiger partial charge is 0.0639 e. The largest absolute Gasteiger partial charge is 0.330 e. The van der Waals surface area contributed by atoms with E-state index in [4.69, 9.17) is 28.9 Å². The van der Waals surface area contributed by atoms with Crippen molar-refractivity contribution in [3.8, 4) is 0 Å². The Balaban J connectivity index is 1.99. The lowest BCUT2D eigenvalue weighted by Crippen LogP contribution is -2.38. The molecule has 0 amide bonds. The molecule has 0 fully saturated rings. The Morgan fingerprint density at radius 2 is 1.67 bits per heavy atom. The standard InChI is InChI=1S/C25H35Cl2N3/c1-3-14-30(15-4-2)24(6-5-13-28)16-20-7-9-21(10-8-20)18-29-19-22-11-12-23(26)17-25(22)27/h7-12,17,19,24H,3-6,13-16,18,28H2,1-2H3. The van der Waals surface area contributed by atoms with Gasteiger partial charge >= 0.3 is 0 Å². The third-order valence-corrected chi connectivity index (χ3v) is 5.80. The predicted molar refractivity (Wildman–Crippen MR) is 132 cm³/mol. The van der Waals surface area contributed by atoms with Crippen LogP contribution >= 0.6 is 23.2 Å². The molecule has 2 rings (SSSR count). The summed E-state index contributed by atoms with van der Waals surface area (Å²) in [5, 5.41) is 1.25. The van der Waals surface area contributed by atoms with Gasteiger partial charge in [-0.15, -0.1) is 0 Å². The predicted octanol–water partition coefficient (Wildman–Crippen LogP) is 6.38. The van der Waals surface area contributed by atoms with Crippen LogP contribution in [0.4, 0.5) is 0 Å². The van der Waals surface area contributed by atoms with Crippen molar-refractivity contribution < 1.29 is 0 Å². The van der Waals surface area contributed by atoms with Crippen LogP contribution in [0.2, 0.25) is 10.0 Å². The van der Waals surface area contributed by atoms with Crippen molar-refractivity contribution in [2.75, 3.05) is 19.6 Å². The van der Waals surface area contributed by atoms with E-state index >= 15 is 0 Å². The van der Waals surface area contributed by atoms with E-state index in [1.807, 2.05) is 18.3 Å². The molecule has 164 valence electrons. The Kier molecular flexibility index (Phi) is 11.5. The number of aliphatic imine (C=N–C) groups is 1. The van der Waals surface area contributed by atoms with Crippen LogP contribution in [-0.4, -0.2) is 36.8 Å². The second-order valence-corrected chi connectivity index (χ2v) is 8.62. The van der Waals surface area contributed by atoms with Gasteiger partial charge in [-0.05, 0) is 75.0 Å². The van der Waals surface area contributed by atoms with E-state index in [0.29, 0.717) is 22.6 Å². The molecule has 2 aromatic carbocycles. The quantitative estimate of drug-likeness (QED) is 0.361. The highest BCUT2D eigenvalue weighted by Gasteiger charge is 2.17. The van der Waals surface area contributed by atoms with Crippen molar-refractivity contribution in [3.63, 3.8) is 0 Å². The molecule has 0 radical (unpaired) electrons. The van der Waals surface area contributed by atoms with Gasteiger partial charge in [0.25, 0.3) is 0 Å². The third kappa shape index (κ3) is 8.39. The normalized spacial score (nSPS) is 12.7. The average molecular weight is 448 g/mol. The average Bonchev–Trinajstić information content (AvgIpc) is 2.73. The minimum Gasteiger partial charge on any atom is -0.330 e. The van der Waals surface area contributed by atoms with Crippen LogP contribution in [0.3, 0.4) is 0 Å². The molecule has 1 unspecified atom stereocenters. The lowest BCUT2D eigenvalue weighted by molar-refractivity contribution is 0.183. The number of nitrogens with two attached hydrogens (primary N) is 1. The van der Waals surface area contributed by atoms with E-state index in [-0.39, 0.29) is 0 Å². The second kappa shape index (κ2) is 13.8. The van der Waals surface area contributed by atoms with Crippen LogP contribution in [0.25, 0.3) is 0 Å². The van der Waals surface area contributed by atoms with Gasteiger partial charge in [-0.25, -0.2) is 0 Å². The minimum absolute atomic E-state index is 0.560. The van der Waals surface area contributed by atoms with Gasteiger partial charge in [0, 0.05) is 22.8 Å². The van der Waals surface area contributed by atoms with E-state index in [1.165, 1.54) is 24.0 Å². The van der Waals surface area contributed by atoms with Crippen LogP contribution in [0.5, 0.6) is 0 Å². The zero-order chi connectivity index (χ0) is 21.8. The van der Waals surface area contributed by atoms with Gasteiger partial charge in [-0.2, -0.15) is 0 Å². The number of hydrogen-bond donors (Lipinski definition) is 1. The summed E-state index contributed by atoms with van der Waals surface area (Å²) in [6.45, 7) is 8.22. The number of halogens is 2. The van der Waals surface area contributed by atoms with Gasteiger partial charge in [-0.3, -0.25) is 4.99 Å². The molecule has 3 nitrogen and oxygen atoms in total. The fourth-order valence-corrected chi connectivity index (χ4v) is 4.18. The molecule has 0 heterocycles. The molecule has 5 heteroatoms. The summed E-state index contributed by atoms with van der Waals surface area (Å²) in [4.78, 5) is 7.18. The van der Waals surface area contributed by atoms with Gasteiger partial charge in [0.1, 0.15) is 0 Å². The molecular weight excluding hydrogens is 413 g/mol. The Morgan fingerprint density at radius 1 is 1.00 bits per heavy atom. The van der Waals surface area contributed by atoms with Gasteiger partial charge < -0.3 is 10.6 Å². The molecule has 0 aliphatic heterocycles. The Bertz CT molecular complexity index is 768. The SMILES string of the molecule is CCCN(CCC)C(CCCN)Cc1ccc(CN=Cc2ccc(Cl)cc2Cl)cc1. The summed E-state index contributed by atoms with van der Waals surface area (Å²) in [7, 11) is 0. The summed E-state index contributed by atoms with van der Waals surface area (Å²) in [5.74, 6) is 0. The second-order valence-electron chi connectivity index (χ2n) is 7.78. The van der Waals surface area contributed by atoms with Gasteiger partial charge in [0.2, 0.25) is 0 Å². The Hall–Kier alpha value is -1.39. The molecule has 0 saturated heterocycles. The van der Waals surface area contributed by atoms with E-state index in [1.54, 1.807) is 6.07 Å². The van der Waals surface area contributed by atoms with E-state index in [0.717, 1.165) is 44.5 Å².